The molecule has 1 aromatic carbocycles. The molecule has 5 nitrogen and oxygen atoms in total. The molecule has 0 saturated carbocycles. The second-order valence-corrected chi connectivity index (χ2v) is 4.10. The minimum atomic E-state index is 0.177. The van der Waals surface area contributed by atoms with Gasteiger partial charge in [-0.25, -0.2) is 4.98 Å². The van der Waals surface area contributed by atoms with Gasteiger partial charge in [-0.1, -0.05) is 11.6 Å². The van der Waals surface area contributed by atoms with Crippen LogP contribution in [0.4, 0.5) is 17.5 Å². The van der Waals surface area contributed by atoms with Crippen molar-refractivity contribution in [2.24, 2.45) is 0 Å². The van der Waals surface area contributed by atoms with Crippen molar-refractivity contribution in [1.29, 1.82) is 5.26 Å². The number of rotatable bonds is 2. The standard InChI is InChI=1S/C12H10ClN5/c1-7-6-16-12(15)18-11(7)17-10-4-8(5-14)2-3-9(10)13/h2-4,6H,1H3,(H3,15,16,17,18). The number of hydrogen-bond acceptors (Lipinski definition) is 5. The van der Waals surface area contributed by atoms with E-state index in [9.17, 15) is 0 Å². The minimum absolute atomic E-state index is 0.177. The second kappa shape index (κ2) is 4.90. The number of hydrogen-bond donors (Lipinski definition) is 2. The molecule has 0 bridgehead atoms. The lowest BCUT2D eigenvalue weighted by Gasteiger charge is -2.10. The Labute approximate surface area is 109 Å². The van der Waals surface area contributed by atoms with Gasteiger partial charge >= 0.3 is 0 Å². The van der Waals surface area contributed by atoms with Gasteiger partial charge in [-0.3, -0.25) is 0 Å². The van der Waals surface area contributed by atoms with Crippen molar-refractivity contribution in [3.05, 3.63) is 40.5 Å². The first kappa shape index (κ1) is 12.1. The Morgan fingerprint density at radius 2 is 2.22 bits per heavy atom. The summed E-state index contributed by atoms with van der Waals surface area (Å²) in [4.78, 5) is 7.96. The van der Waals surface area contributed by atoms with Gasteiger partial charge in [0, 0.05) is 11.8 Å². The van der Waals surface area contributed by atoms with E-state index in [1.807, 2.05) is 6.92 Å². The molecule has 0 radical (unpaired) electrons. The molecule has 0 fully saturated rings. The molecule has 0 saturated heterocycles. The average Bonchev–Trinajstić information content (AvgIpc) is 2.36. The van der Waals surface area contributed by atoms with Crippen LogP contribution in [-0.2, 0) is 0 Å². The molecular formula is C12H10ClN5. The zero-order valence-corrected chi connectivity index (χ0v) is 10.4. The van der Waals surface area contributed by atoms with Crippen LogP contribution in [0.25, 0.3) is 0 Å². The van der Waals surface area contributed by atoms with Gasteiger partial charge in [0.15, 0.2) is 0 Å². The van der Waals surface area contributed by atoms with E-state index in [1.54, 1.807) is 24.4 Å². The first-order valence-corrected chi connectivity index (χ1v) is 5.53. The Morgan fingerprint density at radius 1 is 1.44 bits per heavy atom. The van der Waals surface area contributed by atoms with E-state index in [2.05, 4.69) is 21.4 Å². The molecule has 0 amide bonds. The molecule has 18 heavy (non-hydrogen) atoms. The molecular weight excluding hydrogens is 250 g/mol. The van der Waals surface area contributed by atoms with Gasteiger partial charge in [-0.2, -0.15) is 10.2 Å². The van der Waals surface area contributed by atoms with Crippen LogP contribution in [0.5, 0.6) is 0 Å². The molecule has 2 rings (SSSR count). The van der Waals surface area contributed by atoms with E-state index in [4.69, 9.17) is 22.6 Å². The molecule has 0 spiro atoms. The van der Waals surface area contributed by atoms with E-state index in [0.717, 1.165) is 5.56 Å². The predicted molar refractivity (Wildman–Crippen MR) is 70.6 cm³/mol. The molecule has 0 unspecified atom stereocenters. The van der Waals surface area contributed by atoms with Gasteiger partial charge in [0.1, 0.15) is 5.82 Å². The molecule has 0 aliphatic heterocycles. The zero-order chi connectivity index (χ0) is 13.1. The Kier molecular flexibility index (Phi) is 3.31. The Balaban J connectivity index is 2.39. The highest BCUT2D eigenvalue weighted by atomic mass is 35.5. The molecule has 6 heteroatoms. The maximum Gasteiger partial charge on any atom is 0.221 e. The molecule has 0 aliphatic carbocycles. The van der Waals surface area contributed by atoms with Gasteiger partial charge in [-0.05, 0) is 25.1 Å². The largest absolute Gasteiger partial charge is 0.368 e. The normalized spacial score (nSPS) is 9.83. The van der Waals surface area contributed by atoms with Crippen LogP contribution >= 0.6 is 11.6 Å². The van der Waals surface area contributed by atoms with Crippen molar-refractivity contribution in [3.8, 4) is 6.07 Å². The van der Waals surface area contributed by atoms with E-state index in [1.165, 1.54) is 0 Å². The van der Waals surface area contributed by atoms with Crippen LogP contribution in [0, 0.1) is 18.3 Å². The number of benzene rings is 1. The molecule has 0 aliphatic rings. The Morgan fingerprint density at radius 3 is 2.94 bits per heavy atom. The molecule has 2 aromatic rings. The number of nitrogens with two attached hydrogens (primary N) is 1. The summed E-state index contributed by atoms with van der Waals surface area (Å²) in [5, 5.41) is 12.4. The number of aryl methyl sites for hydroxylation is 1. The summed E-state index contributed by atoms with van der Waals surface area (Å²) >= 11 is 6.05. The number of nitriles is 1. The maximum atomic E-state index is 8.85. The van der Waals surface area contributed by atoms with Crippen LogP contribution in [0.2, 0.25) is 5.02 Å². The highest BCUT2D eigenvalue weighted by Gasteiger charge is 2.06. The number of nitrogens with zero attached hydrogens (tertiary/aromatic N) is 3. The van der Waals surface area contributed by atoms with Crippen LogP contribution in [0.15, 0.2) is 24.4 Å². The summed E-state index contributed by atoms with van der Waals surface area (Å²) in [6.45, 7) is 1.85. The average molecular weight is 260 g/mol. The van der Waals surface area contributed by atoms with Gasteiger partial charge in [0.25, 0.3) is 0 Å². The lowest BCUT2D eigenvalue weighted by molar-refractivity contribution is 1.15. The van der Waals surface area contributed by atoms with E-state index >= 15 is 0 Å². The minimum Gasteiger partial charge on any atom is -0.368 e. The number of aromatic nitrogens is 2. The number of nitrogens with one attached hydrogen (secondary N) is 1. The summed E-state index contributed by atoms with van der Waals surface area (Å²) in [5.74, 6) is 0.746. The third kappa shape index (κ3) is 2.50. The predicted octanol–water partition coefficient (Wildman–Crippen LogP) is 2.64. The molecule has 1 heterocycles. The number of halogens is 1. The van der Waals surface area contributed by atoms with Gasteiger partial charge in [0.2, 0.25) is 5.95 Å². The fraction of sp³-hybridized carbons (Fsp3) is 0.0833. The SMILES string of the molecule is Cc1cnc(N)nc1Nc1cc(C#N)ccc1Cl. The van der Waals surface area contributed by atoms with Crippen molar-refractivity contribution in [3.63, 3.8) is 0 Å². The highest BCUT2D eigenvalue weighted by molar-refractivity contribution is 6.33. The van der Waals surface area contributed by atoms with Crippen molar-refractivity contribution in [2.45, 2.75) is 6.92 Å². The zero-order valence-electron chi connectivity index (χ0n) is 9.61. The number of nitrogen functional groups attached to an aromatic ring is 1. The first-order chi connectivity index (χ1) is 8.60. The van der Waals surface area contributed by atoms with Crippen LogP contribution in [-0.4, -0.2) is 9.97 Å². The fourth-order valence-electron chi connectivity index (χ4n) is 1.40. The maximum absolute atomic E-state index is 8.85. The monoisotopic (exact) mass is 259 g/mol. The quantitative estimate of drug-likeness (QED) is 0.866. The Hall–Kier alpha value is -2.32. The summed E-state index contributed by atoms with van der Waals surface area (Å²) in [5.41, 5.74) is 7.49. The molecule has 90 valence electrons. The summed E-state index contributed by atoms with van der Waals surface area (Å²) < 4.78 is 0. The summed E-state index contributed by atoms with van der Waals surface area (Å²) in [6.07, 6.45) is 1.62. The second-order valence-electron chi connectivity index (χ2n) is 3.69. The highest BCUT2D eigenvalue weighted by Crippen LogP contribution is 2.26. The van der Waals surface area contributed by atoms with Crippen molar-refractivity contribution in [2.75, 3.05) is 11.1 Å². The molecule has 0 atom stereocenters. The van der Waals surface area contributed by atoms with E-state index < -0.39 is 0 Å². The lowest BCUT2D eigenvalue weighted by Crippen LogP contribution is -2.02. The topological polar surface area (TPSA) is 87.6 Å². The third-order valence-corrected chi connectivity index (χ3v) is 2.67. The summed E-state index contributed by atoms with van der Waals surface area (Å²) in [7, 11) is 0. The van der Waals surface area contributed by atoms with Gasteiger partial charge in [0.05, 0.1) is 22.3 Å². The smallest absolute Gasteiger partial charge is 0.221 e. The van der Waals surface area contributed by atoms with Crippen molar-refractivity contribution in [1.82, 2.24) is 9.97 Å². The third-order valence-electron chi connectivity index (χ3n) is 2.34. The van der Waals surface area contributed by atoms with E-state index in [-0.39, 0.29) is 5.95 Å². The Bertz CT molecular complexity index is 633. The summed E-state index contributed by atoms with van der Waals surface area (Å²) in [6, 6.07) is 7.01. The van der Waals surface area contributed by atoms with Crippen LogP contribution in [0.1, 0.15) is 11.1 Å². The first-order valence-electron chi connectivity index (χ1n) is 5.16. The van der Waals surface area contributed by atoms with Crippen molar-refractivity contribution >= 4 is 29.1 Å². The molecule has 1 aromatic heterocycles. The molecule has 3 N–H and O–H groups in total. The fourth-order valence-corrected chi connectivity index (χ4v) is 1.57. The van der Waals surface area contributed by atoms with Crippen molar-refractivity contribution < 1.29 is 0 Å². The van der Waals surface area contributed by atoms with E-state index in [0.29, 0.717) is 22.1 Å². The lowest BCUT2D eigenvalue weighted by atomic mass is 10.2. The van der Waals surface area contributed by atoms with Crippen LogP contribution < -0.4 is 11.1 Å². The van der Waals surface area contributed by atoms with Gasteiger partial charge < -0.3 is 11.1 Å². The number of anilines is 3. The van der Waals surface area contributed by atoms with Gasteiger partial charge in [-0.15, -0.1) is 0 Å². The van der Waals surface area contributed by atoms with Crippen LogP contribution in [0.3, 0.4) is 0 Å².